The van der Waals surface area contributed by atoms with E-state index in [1.54, 1.807) is 5.69 Å². The van der Waals surface area contributed by atoms with Crippen molar-refractivity contribution in [3.8, 4) is 11.1 Å². The van der Waals surface area contributed by atoms with E-state index in [2.05, 4.69) is 54.2 Å². The molecule has 2 nitrogen and oxygen atoms in total. The van der Waals surface area contributed by atoms with Gasteiger partial charge in [-0.05, 0) is 24.5 Å². The Kier molecular flexibility index (Phi) is 3.93. The van der Waals surface area contributed by atoms with Crippen LogP contribution in [0.25, 0.3) is 11.1 Å². The maximum absolute atomic E-state index is 3.52. The average molecular weight is 268 g/mol. The van der Waals surface area contributed by atoms with Crippen molar-refractivity contribution in [1.29, 1.82) is 0 Å². The maximum atomic E-state index is 3.52. The molecule has 0 spiro atoms. The fraction of sp³-hybridized carbons (Fsp3) is 0.444. The van der Waals surface area contributed by atoms with Gasteiger partial charge in [0.2, 0.25) is 0 Å². The van der Waals surface area contributed by atoms with E-state index in [-0.39, 0.29) is 0 Å². The third kappa shape index (κ3) is 2.53. The molecule has 0 bridgehead atoms. The minimum Gasteiger partial charge on any atom is -0.350 e. The van der Waals surface area contributed by atoms with Crippen molar-refractivity contribution in [3.63, 3.8) is 0 Å². The molecule has 0 aliphatic carbocycles. The molecule has 2 aromatic rings. The second kappa shape index (κ2) is 5.84. The van der Waals surface area contributed by atoms with Gasteiger partial charge in [-0.1, -0.05) is 43.2 Å². The minimum atomic E-state index is 1.01. The Morgan fingerprint density at radius 2 is 2.00 bits per heavy atom. The molecule has 1 aromatic carbocycles. The summed E-state index contributed by atoms with van der Waals surface area (Å²) in [6.45, 7) is 7.68. The van der Waals surface area contributed by atoms with E-state index in [1.807, 2.05) is 0 Å². The molecule has 0 saturated heterocycles. The molecule has 1 N–H and O–H groups in total. The highest BCUT2D eigenvalue weighted by Gasteiger charge is 2.19. The van der Waals surface area contributed by atoms with Gasteiger partial charge in [-0.3, -0.25) is 0 Å². The number of unbranched alkanes of at least 4 members (excludes halogenated alkanes) is 1. The molecule has 20 heavy (non-hydrogen) atoms. The number of fused-ring (bicyclic) bond motifs is 1. The Labute approximate surface area is 121 Å². The van der Waals surface area contributed by atoms with E-state index in [4.69, 9.17) is 0 Å². The van der Waals surface area contributed by atoms with E-state index in [1.165, 1.54) is 35.1 Å². The predicted molar refractivity (Wildman–Crippen MR) is 84.9 cm³/mol. The van der Waals surface area contributed by atoms with Crippen molar-refractivity contribution in [2.75, 3.05) is 6.54 Å². The van der Waals surface area contributed by atoms with Crippen LogP contribution >= 0.6 is 0 Å². The Bertz CT molecular complexity index is 578. The zero-order chi connectivity index (χ0) is 13.9. The highest BCUT2D eigenvalue weighted by Crippen LogP contribution is 2.30. The van der Waals surface area contributed by atoms with E-state index in [0.29, 0.717) is 0 Å². The van der Waals surface area contributed by atoms with Gasteiger partial charge in [-0.15, -0.1) is 0 Å². The van der Waals surface area contributed by atoms with Crippen LogP contribution < -0.4 is 5.32 Å². The lowest BCUT2D eigenvalue weighted by atomic mass is 9.99. The van der Waals surface area contributed by atoms with Gasteiger partial charge in [0.05, 0.1) is 0 Å². The van der Waals surface area contributed by atoms with Crippen LogP contribution in [0.4, 0.5) is 0 Å². The second-order valence-corrected chi connectivity index (χ2v) is 5.81. The van der Waals surface area contributed by atoms with Crippen LogP contribution in [0.3, 0.4) is 0 Å². The highest BCUT2D eigenvalue weighted by molar-refractivity contribution is 5.69. The average Bonchev–Trinajstić information content (AvgIpc) is 2.85. The summed E-state index contributed by atoms with van der Waals surface area (Å²) in [6.07, 6.45) is 6.05. The number of rotatable bonds is 4. The van der Waals surface area contributed by atoms with Crippen LogP contribution in [0.5, 0.6) is 0 Å². The van der Waals surface area contributed by atoms with Gasteiger partial charge in [-0.25, -0.2) is 0 Å². The Morgan fingerprint density at radius 1 is 1.20 bits per heavy atom. The molecule has 0 saturated carbocycles. The summed E-state index contributed by atoms with van der Waals surface area (Å²) in [4.78, 5) is 0. The molecule has 0 radical (unpaired) electrons. The second-order valence-electron chi connectivity index (χ2n) is 5.81. The van der Waals surface area contributed by atoms with Crippen LogP contribution in [0, 0.1) is 6.92 Å². The fourth-order valence-corrected chi connectivity index (χ4v) is 3.06. The summed E-state index contributed by atoms with van der Waals surface area (Å²) in [7, 11) is 0. The SMILES string of the molecule is CCCCn1cc(-c2ccc(C)cc2)c2c1CCNC2. The third-order valence-electron chi connectivity index (χ3n) is 4.26. The molecule has 0 amide bonds. The first-order valence-corrected chi connectivity index (χ1v) is 7.78. The predicted octanol–water partition coefficient (Wildman–Crippen LogP) is 3.91. The van der Waals surface area contributed by atoms with E-state index in [0.717, 1.165) is 26.1 Å². The Hall–Kier alpha value is -1.54. The lowest BCUT2D eigenvalue weighted by Gasteiger charge is -2.17. The largest absolute Gasteiger partial charge is 0.350 e. The van der Waals surface area contributed by atoms with Gasteiger partial charge in [0.15, 0.2) is 0 Å². The molecule has 1 aromatic heterocycles. The molecule has 106 valence electrons. The van der Waals surface area contributed by atoms with Gasteiger partial charge >= 0.3 is 0 Å². The molecule has 0 fully saturated rings. The topological polar surface area (TPSA) is 17.0 Å². The fourth-order valence-electron chi connectivity index (χ4n) is 3.06. The van der Waals surface area contributed by atoms with E-state index in [9.17, 15) is 0 Å². The van der Waals surface area contributed by atoms with Crippen LogP contribution in [0.1, 0.15) is 36.6 Å². The van der Waals surface area contributed by atoms with Crippen LogP contribution in [0.15, 0.2) is 30.5 Å². The first-order chi connectivity index (χ1) is 9.79. The van der Waals surface area contributed by atoms with Gasteiger partial charge in [-0.2, -0.15) is 0 Å². The third-order valence-corrected chi connectivity index (χ3v) is 4.26. The van der Waals surface area contributed by atoms with Gasteiger partial charge in [0.25, 0.3) is 0 Å². The zero-order valence-electron chi connectivity index (χ0n) is 12.6. The van der Waals surface area contributed by atoms with Crippen molar-refractivity contribution in [1.82, 2.24) is 9.88 Å². The Morgan fingerprint density at radius 3 is 2.75 bits per heavy atom. The Balaban J connectivity index is 2.01. The van der Waals surface area contributed by atoms with Crippen LogP contribution in [0.2, 0.25) is 0 Å². The normalized spacial score (nSPS) is 14.3. The van der Waals surface area contributed by atoms with Crippen molar-refractivity contribution in [2.24, 2.45) is 0 Å². The summed E-state index contributed by atoms with van der Waals surface area (Å²) >= 11 is 0. The molecule has 0 atom stereocenters. The zero-order valence-corrected chi connectivity index (χ0v) is 12.6. The standard InChI is InChI=1S/C18H24N2/c1-3-4-11-20-13-17(15-7-5-14(2)6-8-15)16-12-19-10-9-18(16)20/h5-8,13,19H,3-4,9-12H2,1-2H3. The van der Waals surface area contributed by atoms with Gasteiger partial charge in [0.1, 0.15) is 0 Å². The number of nitrogens with one attached hydrogen (secondary N) is 1. The number of hydrogen-bond acceptors (Lipinski definition) is 1. The molecular weight excluding hydrogens is 244 g/mol. The van der Waals surface area contributed by atoms with Gasteiger partial charge < -0.3 is 9.88 Å². The molecule has 2 heterocycles. The van der Waals surface area contributed by atoms with Crippen molar-refractivity contribution in [3.05, 3.63) is 47.3 Å². The van der Waals surface area contributed by atoms with Crippen LogP contribution in [-0.2, 0) is 19.5 Å². The highest BCUT2D eigenvalue weighted by atomic mass is 15.0. The summed E-state index contributed by atoms with van der Waals surface area (Å²) in [5.41, 5.74) is 7.16. The summed E-state index contributed by atoms with van der Waals surface area (Å²) in [5.74, 6) is 0. The maximum Gasteiger partial charge on any atom is 0.0239 e. The van der Waals surface area contributed by atoms with Crippen molar-refractivity contribution < 1.29 is 0 Å². The smallest absolute Gasteiger partial charge is 0.0239 e. The monoisotopic (exact) mass is 268 g/mol. The number of hydrogen-bond donors (Lipinski definition) is 1. The molecular formula is C18H24N2. The quantitative estimate of drug-likeness (QED) is 0.889. The lowest BCUT2D eigenvalue weighted by Crippen LogP contribution is -2.24. The number of nitrogens with zero attached hydrogens (tertiary/aromatic N) is 1. The van der Waals surface area contributed by atoms with E-state index >= 15 is 0 Å². The van der Waals surface area contributed by atoms with Gasteiger partial charge in [0, 0.05) is 43.5 Å². The lowest BCUT2D eigenvalue weighted by molar-refractivity contribution is 0.567. The molecule has 2 heteroatoms. The summed E-state index contributed by atoms with van der Waals surface area (Å²) in [5, 5.41) is 3.52. The van der Waals surface area contributed by atoms with E-state index < -0.39 is 0 Å². The molecule has 1 aliphatic rings. The van der Waals surface area contributed by atoms with Crippen molar-refractivity contribution >= 4 is 0 Å². The number of aryl methyl sites for hydroxylation is 2. The first-order valence-electron chi connectivity index (χ1n) is 7.78. The first kappa shape index (κ1) is 13.4. The number of benzene rings is 1. The van der Waals surface area contributed by atoms with Crippen LogP contribution in [-0.4, -0.2) is 11.1 Å². The summed E-state index contributed by atoms with van der Waals surface area (Å²) in [6, 6.07) is 8.93. The summed E-state index contributed by atoms with van der Waals surface area (Å²) < 4.78 is 2.49. The minimum absolute atomic E-state index is 1.01. The molecule has 0 unspecified atom stereocenters. The molecule has 1 aliphatic heterocycles. The van der Waals surface area contributed by atoms with Crippen molar-refractivity contribution in [2.45, 2.75) is 46.2 Å². The molecule has 3 rings (SSSR count). The number of aromatic nitrogens is 1.